The van der Waals surface area contributed by atoms with Crippen LogP contribution in [0.1, 0.15) is 70.6 Å². The second kappa shape index (κ2) is 8.63. The molecule has 5 nitrogen and oxygen atoms in total. The normalized spacial score (nSPS) is 33.7. The molecule has 3 rings (SSSR count). The average molecular weight is 337 g/mol. The Balaban J connectivity index is 1.70. The van der Waals surface area contributed by atoms with Crippen LogP contribution in [0.2, 0.25) is 0 Å². The molecule has 138 valence electrons. The minimum Gasteiger partial charge on any atom is -0.634 e. The van der Waals surface area contributed by atoms with Crippen LogP contribution in [0.15, 0.2) is 0 Å². The van der Waals surface area contributed by atoms with Gasteiger partial charge in [-0.25, -0.2) is 0 Å². The summed E-state index contributed by atoms with van der Waals surface area (Å²) in [6, 6.07) is 0.354. The molecule has 1 aliphatic heterocycles. The number of aliphatic carboxylic acids is 1. The molecule has 0 aromatic heterocycles. The highest BCUT2D eigenvalue weighted by molar-refractivity contribution is 5.68. The zero-order valence-electron chi connectivity index (χ0n) is 14.8. The van der Waals surface area contributed by atoms with Gasteiger partial charge in [0.25, 0.3) is 0 Å². The Morgan fingerprint density at radius 1 is 0.917 bits per heavy atom. The van der Waals surface area contributed by atoms with Crippen LogP contribution >= 0.6 is 0 Å². The van der Waals surface area contributed by atoms with Gasteiger partial charge in [0.1, 0.15) is 0 Å². The van der Waals surface area contributed by atoms with E-state index in [1.165, 1.54) is 64.2 Å². The molecule has 3 aliphatic rings. The fourth-order valence-corrected chi connectivity index (χ4v) is 5.35. The molecule has 3 fully saturated rings. The lowest BCUT2D eigenvalue weighted by atomic mass is 9.73. The van der Waals surface area contributed by atoms with Crippen molar-refractivity contribution in [1.29, 1.82) is 0 Å². The summed E-state index contributed by atoms with van der Waals surface area (Å²) in [6.45, 7) is 0.672. The first-order valence-electron chi connectivity index (χ1n) is 10.1. The Labute approximate surface area is 145 Å². The number of carboxylic acids is 1. The van der Waals surface area contributed by atoms with Crippen LogP contribution in [0.3, 0.4) is 0 Å². The summed E-state index contributed by atoms with van der Waals surface area (Å²) in [5.74, 6) is -0.323. The number of hydroxylamine groups is 2. The summed E-state index contributed by atoms with van der Waals surface area (Å²) in [4.78, 5) is 11.5. The van der Waals surface area contributed by atoms with E-state index in [-0.39, 0.29) is 17.6 Å². The summed E-state index contributed by atoms with van der Waals surface area (Å²) in [5.41, 5.74) is 0. The van der Waals surface area contributed by atoms with Crippen LogP contribution in [0.25, 0.3) is 0 Å². The van der Waals surface area contributed by atoms with E-state index in [2.05, 4.69) is 5.32 Å². The Morgan fingerprint density at radius 3 is 1.96 bits per heavy atom. The number of hydrogen-bond donors (Lipinski definition) is 2. The Bertz CT molecular complexity index is 387. The van der Waals surface area contributed by atoms with Crippen LogP contribution in [-0.2, 0) is 4.79 Å². The van der Waals surface area contributed by atoms with E-state index in [0.29, 0.717) is 30.8 Å². The van der Waals surface area contributed by atoms with E-state index in [9.17, 15) is 15.1 Å². The largest absolute Gasteiger partial charge is 0.634 e. The molecular formula is C19H33N2O3-. The molecule has 1 saturated heterocycles. The smallest absolute Gasteiger partial charge is 0.0865 e. The van der Waals surface area contributed by atoms with Crippen LogP contribution in [0.4, 0.5) is 0 Å². The minimum atomic E-state index is -1.05. The maximum atomic E-state index is 11.7. The van der Waals surface area contributed by atoms with Gasteiger partial charge in [0.2, 0.25) is 0 Å². The van der Waals surface area contributed by atoms with Crippen molar-refractivity contribution in [1.82, 2.24) is 5.32 Å². The fourth-order valence-electron chi connectivity index (χ4n) is 5.35. The minimum absolute atomic E-state index is 0.0779. The Kier molecular flexibility index (Phi) is 6.53. The van der Waals surface area contributed by atoms with Gasteiger partial charge in [-0.15, -0.1) is 0 Å². The zero-order valence-corrected chi connectivity index (χ0v) is 14.8. The van der Waals surface area contributed by atoms with Gasteiger partial charge >= 0.3 is 0 Å². The number of carbonyl (C=O) groups is 1. The van der Waals surface area contributed by atoms with E-state index >= 15 is 0 Å². The lowest BCUT2D eigenvalue weighted by Gasteiger charge is -2.45. The molecule has 3 unspecified atom stereocenters. The van der Waals surface area contributed by atoms with Gasteiger partial charge in [0.15, 0.2) is 0 Å². The molecule has 24 heavy (non-hydrogen) atoms. The Morgan fingerprint density at radius 2 is 1.46 bits per heavy atom. The highest BCUT2D eigenvalue weighted by Gasteiger charge is 2.37. The van der Waals surface area contributed by atoms with E-state index in [1.807, 2.05) is 0 Å². The molecule has 0 aromatic rings. The second-order valence-corrected chi connectivity index (χ2v) is 8.30. The third-order valence-corrected chi connectivity index (χ3v) is 6.69. The SMILES string of the molecule is O=C([O-])C1C[NH+]([O-])CCC1NC(C1CCCCC1)C1CCCCC1. The molecule has 0 amide bonds. The van der Waals surface area contributed by atoms with Gasteiger partial charge in [-0.3, -0.25) is 0 Å². The predicted molar refractivity (Wildman–Crippen MR) is 91.0 cm³/mol. The summed E-state index contributed by atoms with van der Waals surface area (Å²) in [7, 11) is 0. The molecule has 2 N–H and O–H groups in total. The predicted octanol–water partition coefficient (Wildman–Crippen LogP) is 0.626. The van der Waals surface area contributed by atoms with Crippen LogP contribution in [0, 0.1) is 23.0 Å². The number of hydrogen-bond acceptors (Lipinski definition) is 4. The molecule has 5 heteroatoms. The third kappa shape index (κ3) is 4.50. The van der Waals surface area contributed by atoms with Crippen molar-refractivity contribution in [2.24, 2.45) is 17.8 Å². The summed E-state index contributed by atoms with van der Waals surface area (Å²) >= 11 is 0. The summed E-state index contributed by atoms with van der Waals surface area (Å²) < 4.78 is 0. The Hall–Kier alpha value is -0.650. The number of carboxylic acid groups (broad SMARTS) is 1. The first-order valence-corrected chi connectivity index (χ1v) is 10.1. The second-order valence-electron chi connectivity index (χ2n) is 8.30. The average Bonchev–Trinajstić information content (AvgIpc) is 2.62. The first kappa shape index (κ1) is 18.2. The van der Waals surface area contributed by atoms with Crippen molar-refractivity contribution in [3.63, 3.8) is 0 Å². The van der Waals surface area contributed by atoms with Crippen molar-refractivity contribution >= 4 is 5.97 Å². The van der Waals surface area contributed by atoms with Crippen molar-refractivity contribution in [2.45, 2.75) is 82.7 Å². The van der Waals surface area contributed by atoms with Gasteiger partial charge in [-0.2, -0.15) is 0 Å². The van der Waals surface area contributed by atoms with E-state index < -0.39 is 11.9 Å². The zero-order chi connectivity index (χ0) is 16.9. The maximum absolute atomic E-state index is 11.7. The van der Waals surface area contributed by atoms with Crippen molar-refractivity contribution in [3.8, 4) is 0 Å². The number of rotatable bonds is 5. The number of quaternary nitrogens is 1. The topological polar surface area (TPSA) is 79.7 Å². The van der Waals surface area contributed by atoms with Crippen LogP contribution in [0.5, 0.6) is 0 Å². The number of nitrogens with one attached hydrogen (secondary N) is 2. The lowest BCUT2D eigenvalue weighted by Crippen LogP contribution is -3.10. The molecule has 1 heterocycles. The molecule has 0 spiro atoms. The summed E-state index contributed by atoms with van der Waals surface area (Å²) in [5, 5.41) is 27.1. The van der Waals surface area contributed by atoms with E-state index in [1.54, 1.807) is 0 Å². The summed E-state index contributed by atoms with van der Waals surface area (Å²) in [6.07, 6.45) is 13.7. The monoisotopic (exact) mass is 337 g/mol. The van der Waals surface area contributed by atoms with Gasteiger partial charge in [0, 0.05) is 18.5 Å². The number of carbonyl (C=O) groups excluding carboxylic acids is 1. The lowest BCUT2D eigenvalue weighted by molar-refractivity contribution is -0.857. The van der Waals surface area contributed by atoms with Crippen LogP contribution in [-0.4, -0.2) is 31.1 Å². The third-order valence-electron chi connectivity index (χ3n) is 6.69. The maximum Gasteiger partial charge on any atom is 0.0865 e. The van der Waals surface area contributed by atoms with Gasteiger partial charge in [-0.05, 0) is 37.5 Å². The van der Waals surface area contributed by atoms with Crippen LogP contribution < -0.4 is 15.5 Å². The fraction of sp³-hybridized carbons (Fsp3) is 0.947. The van der Waals surface area contributed by atoms with E-state index in [4.69, 9.17) is 0 Å². The quantitative estimate of drug-likeness (QED) is 0.721. The number of piperidine rings is 1. The molecular weight excluding hydrogens is 304 g/mol. The molecule has 2 saturated carbocycles. The van der Waals surface area contributed by atoms with Crippen molar-refractivity contribution in [3.05, 3.63) is 5.21 Å². The highest BCUT2D eigenvalue weighted by Crippen LogP contribution is 2.36. The molecule has 2 aliphatic carbocycles. The van der Waals surface area contributed by atoms with Crippen molar-refractivity contribution in [2.75, 3.05) is 13.1 Å². The van der Waals surface area contributed by atoms with Gasteiger partial charge in [0.05, 0.1) is 25.0 Å². The molecule has 0 radical (unpaired) electrons. The van der Waals surface area contributed by atoms with E-state index in [0.717, 1.165) is 0 Å². The van der Waals surface area contributed by atoms with Gasteiger partial charge in [-0.1, -0.05) is 38.5 Å². The molecule has 0 aromatic carbocycles. The van der Waals surface area contributed by atoms with Crippen molar-refractivity contribution < 1.29 is 15.0 Å². The van der Waals surface area contributed by atoms with Gasteiger partial charge < -0.3 is 25.5 Å². The highest BCUT2D eigenvalue weighted by atomic mass is 16.5. The molecule has 0 bridgehead atoms. The standard InChI is InChI=1S/C19H34N2O3/c22-19(23)16-13-21(24)12-11-17(16)20-18(14-7-3-1-4-8-14)15-9-5-2-6-10-15/h14-18,20-21H,1-13H2,(H,22,23)/p-1. The first-order chi connectivity index (χ1) is 11.6. The molecule has 3 atom stereocenters.